The fraction of sp³-hybridized carbons (Fsp3) is 0.455. The van der Waals surface area contributed by atoms with Gasteiger partial charge in [0.2, 0.25) is 0 Å². The van der Waals surface area contributed by atoms with Crippen molar-refractivity contribution in [1.82, 2.24) is 0 Å². The Bertz CT molecular complexity index is 333. The summed E-state index contributed by atoms with van der Waals surface area (Å²) in [5.74, 6) is -0.345. The van der Waals surface area contributed by atoms with Gasteiger partial charge in [-0.3, -0.25) is 9.59 Å². The van der Waals surface area contributed by atoms with E-state index in [1.807, 2.05) is 0 Å². The Kier molecular flexibility index (Phi) is 4.07. The van der Waals surface area contributed by atoms with Crippen LogP contribution in [-0.2, 0) is 14.3 Å². The van der Waals surface area contributed by atoms with E-state index in [1.54, 1.807) is 6.08 Å². The zero-order valence-electron chi connectivity index (χ0n) is 8.59. The van der Waals surface area contributed by atoms with Crippen LogP contribution in [0.25, 0.3) is 0 Å². The molecular formula is C11H13IO3. The third kappa shape index (κ3) is 2.90. The molecule has 0 spiro atoms. The summed E-state index contributed by atoms with van der Waals surface area (Å²) in [6, 6.07) is 0. The van der Waals surface area contributed by atoms with E-state index in [0.717, 1.165) is 3.58 Å². The van der Waals surface area contributed by atoms with Crippen molar-refractivity contribution in [1.29, 1.82) is 0 Å². The molecule has 0 radical (unpaired) electrons. The summed E-state index contributed by atoms with van der Waals surface area (Å²) in [7, 11) is 1.35. The number of ether oxygens (including phenoxy) is 1. The van der Waals surface area contributed by atoms with Crippen molar-refractivity contribution in [3.05, 3.63) is 22.3 Å². The van der Waals surface area contributed by atoms with Gasteiger partial charge in [0.1, 0.15) is 0 Å². The third-order valence-corrected chi connectivity index (χ3v) is 2.85. The largest absolute Gasteiger partial charge is 0.469 e. The highest BCUT2D eigenvalue weighted by atomic mass is 127. The van der Waals surface area contributed by atoms with Crippen molar-refractivity contribution in [2.75, 3.05) is 7.11 Å². The quantitative estimate of drug-likeness (QED) is 0.592. The zero-order chi connectivity index (χ0) is 11.5. The average molecular weight is 320 g/mol. The van der Waals surface area contributed by atoms with Gasteiger partial charge in [0.25, 0.3) is 0 Å². The molecule has 0 aromatic heterocycles. The number of carbonyl (C=O) groups is 2. The predicted octanol–water partition coefficient (Wildman–Crippen LogP) is 2.40. The summed E-state index contributed by atoms with van der Waals surface area (Å²) in [6.45, 7) is 3.78. The van der Waals surface area contributed by atoms with Crippen LogP contribution in [0.4, 0.5) is 0 Å². The van der Waals surface area contributed by atoms with E-state index in [0.29, 0.717) is 12.8 Å². The lowest BCUT2D eigenvalue weighted by atomic mass is 9.74. The van der Waals surface area contributed by atoms with Crippen LogP contribution in [0.5, 0.6) is 0 Å². The number of hydrogen-bond donors (Lipinski definition) is 0. The van der Waals surface area contributed by atoms with Gasteiger partial charge in [0, 0.05) is 6.42 Å². The van der Waals surface area contributed by atoms with E-state index in [2.05, 4.69) is 29.2 Å². The molecule has 1 unspecified atom stereocenters. The van der Waals surface area contributed by atoms with Crippen molar-refractivity contribution in [2.24, 2.45) is 5.41 Å². The molecule has 0 saturated carbocycles. The number of rotatable bonds is 3. The number of ketones is 1. The highest BCUT2D eigenvalue weighted by molar-refractivity contribution is 14.1. The highest BCUT2D eigenvalue weighted by Gasteiger charge is 2.41. The second-order valence-corrected chi connectivity index (χ2v) is 5.24. The van der Waals surface area contributed by atoms with Crippen LogP contribution >= 0.6 is 22.6 Å². The molecule has 1 aliphatic rings. The molecule has 3 nitrogen and oxygen atoms in total. The SMILES string of the molecule is C=C(I)CC1(C(=O)OC)CC=CC(=O)C1. The van der Waals surface area contributed by atoms with Gasteiger partial charge in [0.05, 0.1) is 12.5 Å². The Morgan fingerprint density at radius 1 is 1.73 bits per heavy atom. The van der Waals surface area contributed by atoms with Crippen molar-refractivity contribution in [3.8, 4) is 0 Å². The number of halogens is 1. The third-order valence-electron chi connectivity index (χ3n) is 2.47. The first-order valence-electron chi connectivity index (χ1n) is 4.61. The van der Waals surface area contributed by atoms with Crippen molar-refractivity contribution in [3.63, 3.8) is 0 Å². The second-order valence-electron chi connectivity index (χ2n) is 3.72. The van der Waals surface area contributed by atoms with Crippen LogP contribution in [0.2, 0.25) is 0 Å². The number of carbonyl (C=O) groups excluding carboxylic acids is 2. The highest BCUT2D eigenvalue weighted by Crippen LogP contribution is 2.39. The molecular weight excluding hydrogens is 307 g/mol. The van der Waals surface area contributed by atoms with E-state index in [4.69, 9.17) is 4.74 Å². The van der Waals surface area contributed by atoms with Crippen LogP contribution in [-0.4, -0.2) is 18.9 Å². The number of esters is 1. The summed E-state index contributed by atoms with van der Waals surface area (Å²) in [6.07, 6.45) is 4.53. The Morgan fingerprint density at radius 2 is 2.40 bits per heavy atom. The Balaban J connectivity index is 2.96. The van der Waals surface area contributed by atoms with Crippen LogP contribution in [0.3, 0.4) is 0 Å². The molecule has 0 bridgehead atoms. The molecule has 0 fully saturated rings. The minimum Gasteiger partial charge on any atom is -0.469 e. The van der Waals surface area contributed by atoms with E-state index in [1.165, 1.54) is 13.2 Å². The van der Waals surface area contributed by atoms with Crippen LogP contribution in [0, 0.1) is 5.41 Å². The van der Waals surface area contributed by atoms with Crippen molar-refractivity contribution < 1.29 is 14.3 Å². The second kappa shape index (κ2) is 4.92. The Morgan fingerprint density at radius 3 is 2.87 bits per heavy atom. The van der Waals surface area contributed by atoms with E-state index in [9.17, 15) is 9.59 Å². The van der Waals surface area contributed by atoms with Gasteiger partial charge in [-0.1, -0.05) is 12.7 Å². The number of allylic oxidation sites excluding steroid dienone is 3. The molecule has 15 heavy (non-hydrogen) atoms. The van der Waals surface area contributed by atoms with E-state index >= 15 is 0 Å². The molecule has 82 valence electrons. The van der Waals surface area contributed by atoms with Crippen molar-refractivity contribution in [2.45, 2.75) is 19.3 Å². The average Bonchev–Trinajstić information content (AvgIpc) is 2.15. The molecule has 1 aliphatic carbocycles. The van der Waals surface area contributed by atoms with Gasteiger partial charge in [-0.25, -0.2) is 0 Å². The molecule has 0 N–H and O–H groups in total. The summed E-state index contributed by atoms with van der Waals surface area (Å²) < 4.78 is 5.63. The molecule has 0 amide bonds. The smallest absolute Gasteiger partial charge is 0.312 e. The van der Waals surface area contributed by atoms with Crippen molar-refractivity contribution >= 4 is 34.3 Å². The fourth-order valence-electron chi connectivity index (χ4n) is 1.83. The van der Waals surface area contributed by atoms with Gasteiger partial charge in [-0.05, 0) is 45.1 Å². The molecule has 4 heteroatoms. The molecule has 0 aromatic rings. The minimum atomic E-state index is -0.723. The van der Waals surface area contributed by atoms with Gasteiger partial charge in [-0.2, -0.15) is 0 Å². The molecule has 0 aliphatic heterocycles. The Hall–Kier alpha value is -0.650. The lowest BCUT2D eigenvalue weighted by Crippen LogP contribution is -2.36. The molecule has 0 heterocycles. The van der Waals surface area contributed by atoms with Crippen LogP contribution in [0.15, 0.2) is 22.3 Å². The van der Waals surface area contributed by atoms with Gasteiger partial charge < -0.3 is 4.74 Å². The first-order valence-corrected chi connectivity index (χ1v) is 5.69. The number of methoxy groups -OCH3 is 1. The maximum absolute atomic E-state index is 11.7. The first kappa shape index (κ1) is 12.4. The summed E-state index contributed by atoms with van der Waals surface area (Å²) >= 11 is 2.07. The van der Waals surface area contributed by atoms with E-state index < -0.39 is 5.41 Å². The zero-order valence-corrected chi connectivity index (χ0v) is 10.7. The standard InChI is InChI=1S/C11H13IO3/c1-8(12)6-11(10(14)15-2)5-3-4-9(13)7-11/h3-4H,1,5-7H2,2H3. The molecule has 1 atom stereocenters. The van der Waals surface area contributed by atoms with Gasteiger partial charge in [-0.15, -0.1) is 0 Å². The lowest BCUT2D eigenvalue weighted by molar-refractivity contribution is -0.154. The van der Waals surface area contributed by atoms with E-state index in [-0.39, 0.29) is 18.2 Å². The fourth-order valence-corrected chi connectivity index (χ4v) is 2.56. The maximum Gasteiger partial charge on any atom is 0.312 e. The number of hydrogen-bond acceptors (Lipinski definition) is 3. The van der Waals surface area contributed by atoms with Crippen LogP contribution in [0.1, 0.15) is 19.3 Å². The minimum absolute atomic E-state index is 0.0238. The van der Waals surface area contributed by atoms with Crippen LogP contribution < -0.4 is 0 Å². The molecule has 0 aromatic carbocycles. The predicted molar refractivity (Wildman–Crippen MR) is 65.6 cm³/mol. The summed E-state index contributed by atoms with van der Waals surface area (Å²) in [5, 5.41) is 0. The van der Waals surface area contributed by atoms with Gasteiger partial charge in [0.15, 0.2) is 5.78 Å². The van der Waals surface area contributed by atoms with Gasteiger partial charge >= 0.3 is 5.97 Å². The topological polar surface area (TPSA) is 43.4 Å². The monoisotopic (exact) mass is 320 g/mol. The summed E-state index contributed by atoms with van der Waals surface area (Å²) in [4.78, 5) is 23.1. The first-order chi connectivity index (χ1) is 7.00. The molecule has 0 saturated heterocycles. The maximum atomic E-state index is 11.7. The Labute approximate surface area is 103 Å². The summed E-state index contributed by atoms with van der Waals surface area (Å²) in [5.41, 5.74) is -0.723. The molecule has 1 rings (SSSR count). The lowest BCUT2D eigenvalue weighted by Gasteiger charge is -2.30. The normalized spacial score (nSPS) is 25.1.